The smallest absolute Gasteiger partial charge is 0.161 e. The Balaban J connectivity index is 1.23. The molecule has 0 saturated heterocycles. The van der Waals surface area contributed by atoms with Crippen molar-refractivity contribution < 1.29 is 4.42 Å². The van der Waals surface area contributed by atoms with Crippen molar-refractivity contribution in [1.29, 1.82) is 5.26 Å². The second kappa shape index (κ2) is 11.9. The summed E-state index contributed by atoms with van der Waals surface area (Å²) in [5.74, 6) is 0.528. The summed E-state index contributed by atoms with van der Waals surface area (Å²) in [6.45, 7) is 0. The lowest BCUT2D eigenvalue weighted by molar-refractivity contribution is 0.666. The van der Waals surface area contributed by atoms with Crippen molar-refractivity contribution in [2.75, 3.05) is 0 Å². The van der Waals surface area contributed by atoms with Crippen molar-refractivity contribution in [3.63, 3.8) is 0 Å². The molecule has 10 aromatic rings. The number of furan rings is 1. The number of benzene rings is 7. The van der Waals surface area contributed by atoms with Gasteiger partial charge in [-0.3, -0.25) is 0 Å². The molecule has 3 heterocycles. The third-order valence-electron chi connectivity index (χ3n) is 9.88. The van der Waals surface area contributed by atoms with Crippen molar-refractivity contribution in [3.05, 3.63) is 175 Å². The molecule has 0 N–H and O–H groups in total. The van der Waals surface area contributed by atoms with E-state index in [2.05, 4.69) is 95.6 Å². The minimum atomic E-state index is 0.439. The number of hydrogen-bond acceptors (Lipinski definition) is 4. The van der Waals surface area contributed by atoms with Crippen molar-refractivity contribution >= 4 is 43.7 Å². The highest BCUT2D eigenvalue weighted by Gasteiger charge is 2.23. The number of aromatic nitrogens is 3. The summed E-state index contributed by atoms with van der Waals surface area (Å²) in [5.41, 5.74) is 11.2. The van der Waals surface area contributed by atoms with Gasteiger partial charge in [0, 0.05) is 38.2 Å². The summed E-state index contributed by atoms with van der Waals surface area (Å²) >= 11 is 0. The van der Waals surface area contributed by atoms with Crippen LogP contribution in [-0.2, 0) is 0 Å². The molecule has 0 radical (unpaired) electrons. The zero-order valence-electron chi connectivity index (χ0n) is 27.9. The predicted molar refractivity (Wildman–Crippen MR) is 210 cm³/mol. The van der Waals surface area contributed by atoms with Gasteiger partial charge in [0.1, 0.15) is 17.2 Å². The van der Waals surface area contributed by atoms with Crippen molar-refractivity contribution in [2.45, 2.75) is 0 Å². The Morgan fingerprint density at radius 2 is 1.10 bits per heavy atom. The SMILES string of the molecule is N#Cc1c(-c2ccccc2)nc(-c2cccc3oc4c(-n5c6ccccc6c6cc(-c7ccccc7)ccc65)cccc4c23)nc1-c1ccccc1. The Hall–Kier alpha value is -7.29. The molecule has 52 heavy (non-hydrogen) atoms. The number of rotatable bonds is 5. The number of fused-ring (bicyclic) bond motifs is 6. The maximum Gasteiger partial charge on any atom is 0.161 e. The van der Waals surface area contributed by atoms with Crippen molar-refractivity contribution in [2.24, 2.45) is 0 Å². The molecule has 3 aromatic heterocycles. The Labute approximate surface area is 299 Å². The molecule has 0 unspecified atom stereocenters. The second-order valence-corrected chi connectivity index (χ2v) is 12.8. The van der Waals surface area contributed by atoms with Crippen LogP contribution in [0, 0.1) is 11.3 Å². The van der Waals surface area contributed by atoms with Gasteiger partial charge in [0.25, 0.3) is 0 Å². The topological polar surface area (TPSA) is 67.6 Å². The molecule has 5 heteroatoms. The summed E-state index contributed by atoms with van der Waals surface area (Å²) in [4.78, 5) is 10.2. The van der Waals surface area contributed by atoms with Crippen LogP contribution in [0.5, 0.6) is 0 Å². The molecule has 0 spiro atoms. The quantitative estimate of drug-likeness (QED) is 0.184. The molecular formula is C47H28N4O. The fraction of sp³-hybridized carbons (Fsp3) is 0. The van der Waals surface area contributed by atoms with Gasteiger partial charge in [-0.05, 0) is 41.5 Å². The van der Waals surface area contributed by atoms with E-state index >= 15 is 0 Å². The van der Waals surface area contributed by atoms with Crippen LogP contribution >= 0.6 is 0 Å². The maximum atomic E-state index is 10.5. The zero-order chi connectivity index (χ0) is 34.6. The van der Waals surface area contributed by atoms with E-state index in [0.717, 1.165) is 55.3 Å². The lowest BCUT2D eigenvalue weighted by atomic mass is 9.99. The normalized spacial score (nSPS) is 11.4. The van der Waals surface area contributed by atoms with E-state index < -0.39 is 0 Å². The molecule has 10 rings (SSSR count). The summed E-state index contributed by atoms with van der Waals surface area (Å²) in [6.07, 6.45) is 0. The molecule has 0 aliphatic carbocycles. The van der Waals surface area contributed by atoms with Gasteiger partial charge in [0.2, 0.25) is 0 Å². The van der Waals surface area contributed by atoms with Crippen LogP contribution in [0.2, 0.25) is 0 Å². The molecule has 7 aromatic carbocycles. The number of para-hydroxylation sites is 2. The molecule has 0 saturated carbocycles. The van der Waals surface area contributed by atoms with Crippen LogP contribution in [0.4, 0.5) is 0 Å². The standard InChI is InChI=1S/C47H28N4O/c48-29-38-44(31-16-6-2-7-17-31)49-47(50-45(38)32-18-8-3-9-19-32)36-22-13-25-42-43(36)35-21-12-24-41(46(35)52-42)51-39-23-11-10-20-34(39)37-28-33(26-27-40(37)51)30-14-4-1-5-15-30/h1-28H. The van der Waals surface area contributed by atoms with Crippen LogP contribution in [0.25, 0.3) is 94.5 Å². The first-order chi connectivity index (χ1) is 25.8. The zero-order valence-corrected chi connectivity index (χ0v) is 27.9. The highest BCUT2D eigenvalue weighted by atomic mass is 16.3. The number of nitriles is 1. The summed E-state index contributed by atoms with van der Waals surface area (Å²) < 4.78 is 9.11. The third kappa shape index (κ3) is 4.63. The summed E-state index contributed by atoms with van der Waals surface area (Å²) in [7, 11) is 0. The second-order valence-electron chi connectivity index (χ2n) is 12.8. The van der Waals surface area contributed by atoms with Gasteiger partial charge in [0.15, 0.2) is 11.4 Å². The monoisotopic (exact) mass is 664 g/mol. The summed E-state index contributed by atoms with van der Waals surface area (Å²) in [6, 6.07) is 60.2. The van der Waals surface area contributed by atoms with Crippen molar-refractivity contribution in [1.82, 2.24) is 14.5 Å². The van der Waals surface area contributed by atoms with Gasteiger partial charge in [-0.15, -0.1) is 0 Å². The Morgan fingerprint density at radius 1 is 0.500 bits per heavy atom. The van der Waals surface area contributed by atoms with E-state index in [4.69, 9.17) is 14.4 Å². The minimum absolute atomic E-state index is 0.439. The highest BCUT2D eigenvalue weighted by Crippen LogP contribution is 2.42. The minimum Gasteiger partial charge on any atom is -0.454 e. The van der Waals surface area contributed by atoms with Crippen LogP contribution in [0.15, 0.2) is 174 Å². The van der Waals surface area contributed by atoms with E-state index in [1.165, 1.54) is 21.9 Å². The molecule has 0 amide bonds. The van der Waals surface area contributed by atoms with E-state index in [0.29, 0.717) is 22.8 Å². The first-order valence-electron chi connectivity index (χ1n) is 17.2. The molecule has 242 valence electrons. The first-order valence-corrected chi connectivity index (χ1v) is 17.2. The highest BCUT2D eigenvalue weighted by molar-refractivity contribution is 6.16. The first kappa shape index (κ1) is 29.6. The van der Waals surface area contributed by atoms with Crippen LogP contribution in [0.3, 0.4) is 0 Å². The Bertz CT molecular complexity index is 2950. The summed E-state index contributed by atoms with van der Waals surface area (Å²) in [5, 5.41) is 14.7. The Morgan fingerprint density at radius 3 is 1.79 bits per heavy atom. The van der Waals surface area contributed by atoms with Gasteiger partial charge < -0.3 is 8.98 Å². The Kier molecular flexibility index (Phi) is 6.80. The fourth-order valence-electron chi connectivity index (χ4n) is 7.53. The lowest BCUT2D eigenvalue weighted by Crippen LogP contribution is -2.01. The van der Waals surface area contributed by atoms with Crippen LogP contribution < -0.4 is 0 Å². The third-order valence-corrected chi connectivity index (χ3v) is 9.88. The predicted octanol–water partition coefficient (Wildman–Crippen LogP) is 12.0. The van der Waals surface area contributed by atoms with E-state index in [1.807, 2.05) is 84.9 Å². The fourth-order valence-corrected chi connectivity index (χ4v) is 7.53. The van der Waals surface area contributed by atoms with E-state index in [-0.39, 0.29) is 0 Å². The molecule has 5 nitrogen and oxygen atoms in total. The average Bonchev–Trinajstić information content (AvgIpc) is 3.77. The molecular weight excluding hydrogens is 637 g/mol. The maximum absolute atomic E-state index is 10.5. The van der Waals surface area contributed by atoms with Crippen LogP contribution in [-0.4, -0.2) is 14.5 Å². The largest absolute Gasteiger partial charge is 0.454 e. The molecule has 0 fully saturated rings. The molecule has 0 bridgehead atoms. The van der Waals surface area contributed by atoms with E-state index in [1.54, 1.807) is 0 Å². The average molecular weight is 665 g/mol. The molecule has 0 aliphatic heterocycles. The lowest BCUT2D eigenvalue weighted by Gasteiger charge is -2.12. The van der Waals surface area contributed by atoms with Crippen LogP contribution in [0.1, 0.15) is 5.56 Å². The number of hydrogen-bond donors (Lipinski definition) is 0. The molecule has 0 atom stereocenters. The number of nitrogens with zero attached hydrogens (tertiary/aromatic N) is 4. The van der Waals surface area contributed by atoms with Crippen molar-refractivity contribution in [3.8, 4) is 56.8 Å². The van der Waals surface area contributed by atoms with Gasteiger partial charge >= 0.3 is 0 Å². The van der Waals surface area contributed by atoms with E-state index in [9.17, 15) is 5.26 Å². The van der Waals surface area contributed by atoms with Gasteiger partial charge in [-0.25, -0.2) is 9.97 Å². The van der Waals surface area contributed by atoms with Gasteiger partial charge in [-0.1, -0.05) is 140 Å². The molecule has 0 aliphatic rings. The van der Waals surface area contributed by atoms with Gasteiger partial charge in [-0.2, -0.15) is 5.26 Å². The van der Waals surface area contributed by atoms with Gasteiger partial charge in [0.05, 0.1) is 28.1 Å².